The average Bonchev–Trinajstić information content (AvgIpc) is 3.52. The van der Waals surface area contributed by atoms with Gasteiger partial charge in [-0.1, -0.05) is 15.9 Å². The number of methoxy groups -OCH3 is 1. The van der Waals surface area contributed by atoms with Crippen LogP contribution < -0.4 is 10.2 Å². The fraction of sp³-hybridized carbons (Fsp3) is 0.440. The van der Waals surface area contributed by atoms with E-state index in [9.17, 15) is 14.7 Å². The number of fused-ring (bicyclic) bond motifs is 2. The highest BCUT2D eigenvalue weighted by Crippen LogP contribution is 2.48. The summed E-state index contributed by atoms with van der Waals surface area (Å²) in [5, 5.41) is 9.96. The zero-order valence-corrected chi connectivity index (χ0v) is 23.1. The minimum Gasteiger partial charge on any atom is -0.494 e. The number of aromatic nitrogens is 1. The van der Waals surface area contributed by atoms with Crippen molar-refractivity contribution < 1.29 is 19.1 Å². The van der Waals surface area contributed by atoms with Crippen LogP contribution in [0.15, 0.2) is 29.2 Å². The summed E-state index contributed by atoms with van der Waals surface area (Å²) < 4.78 is 14.4. The number of aryl methyl sites for hydroxylation is 1. The van der Waals surface area contributed by atoms with Crippen LogP contribution in [-0.4, -0.2) is 35.9 Å². The van der Waals surface area contributed by atoms with Gasteiger partial charge >= 0.3 is 5.97 Å². The molecule has 2 aliphatic rings. The van der Waals surface area contributed by atoms with Gasteiger partial charge in [0, 0.05) is 32.4 Å². The molecule has 0 bridgehead atoms. The Balaban J connectivity index is 1.70. The van der Waals surface area contributed by atoms with Gasteiger partial charge in [0.1, 0.15) is 5.56 Å². The van der Waals surface area contributed by atoms with E-state index in [0.717, 1.165) is 36.1 Å². The molecule has 34 heavy (non-hydrogen) atoms. The number of hydrogen-bond donors (Lipinski definition) is 1. The third-order valence-corrected chi connectivity index (χ3v) is 9.53. The zero-order chi connectivity index (χ0) is 24.4. The summed E-state index contributed by atoms with van der Waals surface area (Å²) in [6, 6.07) is 6.05. The van der Waals surface area contributed by atoms with Gasteiger partial charge in [-0.15, -0.1) is 11.3 Å². The lowest BCUT2D eigenvalue weighted by molar-refractivity contribution is 0.0694. The molecule has 2 aromatic heterocycles. The van der Waals surface area contributed by atoms with Crippen molar-refractivity contribution in [2.75, 3.05) is 7.11 Å². The second-order valence-corrected chi connectivity index (χ2v) is 16.8. The number of carbonyl (C=O) groups is 1. The third kappa shape index (κ3) is 4.17. The van der Waals surface area contributed by atoms with E-state index in [4.69, 9.17) is 9.16 Å². The zero-order valence-electron chi connectivity index (χ0n) is 19.7. The number of benzene rings is 1. The summed E-state index contributed by atoms with van der Waals surface area (Å²) in [5.74, 6) is -0.580. The summed E-state index contributed by atoms with van der Waals surface area (Å²) in [6.45, 7) is 6.63. The lowest BCUT2D eigenvalue weighted by Gasteiger charge is -2.33. The van der Waals surface area contributed by atoms with Crippen molar-refractivity contribution >= 4 is 52.5 Å². The lowest BCUT2D eigenvalue weighted by atomic mass is 9.95. The topological polar surface area (TPSA) is 77.8 Å². The normalized spacial score (nSPS) is 20.4. The van der Waals surface area contributed by atoms with Crippen molar-refractivity contribution in [1.29, 1.82) is 0 Å². The molecule has 5 rings (SSSR count). The van der Waals surface area contributed by atoms with Gasteiger partial charge in [-0.25, -0.2) is 4.79 Å². The number of ether oxygens (including phenoxy) is 1. The molecular formula is C25H28BrNO5SSi. The second-order valence-electron chi connectivity index (χ2n) is 10.1. The highest BCUT2D eigenvalue weighted by molar-refractivity contribution is 9.09. The summed E-state index contributed by atoms with van der Waals surface area (Å²) in [6.07, 6.45) is 5.45. The van der Waals surface area contributed by atoms with Gasteiger partial charge in [0.25, 0.3) is 0 Å². The second kappa shape index (κ2) is 8.62. The summed E-state index contributed by atoms with van der Waals surface area (Å²) in [4.78, 5) is 27.4. The van der Waals surface area contributed by atoms with Crippen LogP contribution in [-0.2, 0) is 10.8 Å². The molecule has 1 saturated carbocycles. The Morgan fingerprint density at radius 2 is 1.97 bits per heavy atom. The quantitative estimate of drug-likeness (QED) is 0.279. The molecule has 1 aromatic carbocycles. The molecule has 2 unspecified atom stereocenters. The van der Waals surface area contributed by atoms with Gasteiger partial charge in [0.05, 0.1) is 24.1 Å². The van der Waals surface area contributed by atoms with E-state index in [1.165, 1.54) is 16.6 Å². The Labute approximate surface area is 211 Å². The number of thiophene rings is 1. The van der Waals surface area contributed by atoms with E-state index < -0.39 is 19.7 Å². The van der Waals surface area contributed by atoms with Crippen molar-refractivity contribution in [2.45, 2.75) is 62.3 Å². The van der Waals surface area contributed by atoms with Crippen LogP contribution in [0.4, 0.5) is 0 Å². The molecule has 9 heteroatoms. The van der Waals surface area contributed by atoms with E-state index in [0.29, 0.717) is 16.7 Å². The number of nitrogens with zero attached hydrogens (tertiary/aromatic N) is 1. The number of alkyl halides is 1. The van der Waals surface area contributed by atoms with E-state index in [1.807, 2.05) is 10.6 Å². The smallest absolute Gasteiger partial charge is 0.341 e. The SMILES string of the molecule is COc1c(-c2cc3c(s2)CCC(Br)C3O[Si](C)(C)C)ccc2c(=O)c(C(=O)O)cn(C3CC3)c12. The number of pyridine rings is 1. The summed E-state index contributed by atoms with van der Waals surface area (Å²) in [5.41, 5.74) is 2.16. The maximum atomic E-state index is 13.0. The van der Waals surface area contributed by atoms with Crippen molar-refractivity contribution in [2.24, 2.45) is 0 Å². The molecule has 1 fully saturated rings. The van der Waals surface area contributed by atoms with E-state index in [1.54, 1.807) is 24.5 Å². The molecule has 180 valence electrons. The van der Waals surface area contributed by atoms with Gasteiger partial charge in [0.15, 0.2) is 14.1 Å². The molecule has 0 saturated heterocycles. The molecule has 3 aromatic rings. The lowest BCUT2D eigenvalue weighted by Crippen LogP contribution is -2.33. The highest BCUT2D eigenvalue weighted by atomic mass is 79.9. The molecule has 0 spiro atoms. The molecule has 0 radical (unpaired) electrons. The number of hydrogen-bond acceptors (Lipinski definition) is 5. The maximum Gasteiger partial charge on any atom is 0.341 e. The predicted octanol–water partition coefficient (Wildman–Crippen LogP) is 6.37. The van der Waals surface area contributed by atoms with E-state index >= 15 is 0 Å². The number of aromatic carboxylic acids is 1. The number of carboxylic acid groups (broad SMARTS) is 1. The van der Waals surface area contributed by atoms with Gasteiger partial charge in [0.2, 0.25) is 5.43 Å². The standard InChI is InChI=1S/C25H28BrNO5SSi/c1-31-24-14(20-11-16-19(33-20)10-9-18(26)23(16)32-34(2,3)4)7-8-15-21(24)27(13-5-6-13)12-17(22(15)28)25(29)30/h7-8,11-13,18,23H,5-6,9-10H2,1-4H3,(H,29,30). The molecule has 0 aliphatic heterocycles. The van der Waals surface area contributed by atoms with Crippen LogP contribution in [0.1, 0.15) is 52.2 Å². The maximum absolute atomic E-state index is 13.0. The molecule has 0 amide bonds. The minimum absolute atomic E-state index is 0.0228. The first-order valence-corrected chi connectivity index (χ1v) is 16.7. The fourth-order valence-corrected chi connectivity index (χ4v) is 7.87. The van der Waals surface area contributed by atoms with E-state index in [2.05, 4.69) is 41.6 Å². The first-order chi connectivity index (χ1) is 16.1. The summed E-state index contributed by atoms with van der Waals surface area (Å²) in [7, 11) is -0.134. The minimum atomic E-state index is -1.75. The molecule has 2 atom stereocenters. The van der Waals surface area contributed by atoms with Gasteiger partial charge in [-0.05, 0) is 69.1 Å². The number of rotatable bonds is 6. The Hall–Kier alpha value is -1.94. The van der Waals surface area contributed by atoms with Crippen LogP contribution in [0.2, 0.25) is 19.6 Å². The Bertz CT molecular complexity index is 1350. The highest BCUT2D eigenvalue weighted by Gasteiger charge is 2.35. The van der Waals surface area contributed by atoms with Crippen molar-refractivity contribution in [3.8, 4) is 16.2 Å². The largest absolute Gasteiger partial charge is 0.494 e. The molecule has 6 nitrogen and oxygen atoms in total. The van der Waals surface area contributed by atoms with E-state index in [-0.39, 0.29) is 22.5 Å². The van der Waals surface area contributed by atoms with Crippen LogP contribution in [0.3, 0.4) is 0 Å². The Kier molecular flexibility index (Phi) is 6.03. The fourth-order valence-electron chi connectivity index (χ4n) is 4.76. The van der Waals surface area contributed by atoms with Gasteiger partial charge in [-0.2, -0.15) is 0 Å². The van der Waals surface area contributed by atoms with Crippen molar-refractivity contribution in [3.63, 3.8) is 0 Å². The first kappa shape index (κ1) is 23.8. The van der Waals surface area contributed by atoms with Crippen LogP contribution in [0.5, 0.6) is 5.75 Å². The molecular weight excluding hydrogens is 534 g/mol. The molecule has 2 heterocycles. The first-order valence-electron chi connectivity index (χ1n) is 11.5. The summed E-state index contributed by atoms with van der Waals surface area (Å²) >= 11 is 5.61. The van der Waals surface area contributed by atoms with Crippen molar-refractivity contribution in [1.82, 2.24) is 4.57 Å². The monoisotopic (exact) mass is 561 g/mol. The third-order valence-electron chi connectivity index (χ3n) is 6.39. The van der Waals surface area contributed by atoms with Crippen LogP contribution in [0.25, 0.3) is 21.3 Å². The van der Waals surface area contributed by atoms with Crippen molar-refractivity contribution in [3.05, 3.63) is 50.6 Å². The Morgan fingerprint density at radius 3 is 2.59 bits per heavy atom. The Morgan fingerprint density at radius 1 is 1.24 bits per heavy atom. The molecule has 1 N–H and O–H groups in total. The predicted molar refractivity (Wildman–Crippen MR) is 142 cm³/mol. The van der Waals surface area contributed by atoms with Gasteiger partial charge in [-0.3, -0.25) is 4.79 Å². The molecule has 2 aliphatic carbocycles. The average molecular weight is 563 g/mol. The number of halogens is 1. The van der Waals surface area contributed by atoms with Crippen LogP contribution in [0, 0.1) is 0 Å². The number of carboxylic acids is 1. The van der Waals surface area contributed by atoms with Gasteiger partial charge < -0.3 is 18.8 Å². The van der Waals surface area contributed by atoms with Crippen LogP contribution >= 0.6 is 27.3 Å².